The second-order valence-electron chi connectivity index (χ2n) is 3.85. The lowest BCUT2D eigenvalue weighted by molar-refractivity contribution is -0.120. The fraction of sp³-hybridized carbons (Fsp3) is 0.500. The molecular weight excluding hydrogens is 208 g/mol. The normalized spacial score (nSPS) is 14.5. The van der Waals surface area contributed by atoms with Gasteiger partial charge in [-0.2, -0.15) is 5.10 Å². The molecule has 86 valence electrons. The highest BCUT2D eigenvalue weighted by Gasteiger charge is 2.22. The lowest BCUT2D eigenvalue weighted by Crippen LogP contribution is -2.27. The van der Waals surface area contributed by atoms with E-state index in [1.54, 1.807) is 0 Å². The molecule has 0 saturated heterocycles. The predicted octanol–water partition coefficient (Wildman–Crippen LogP) is -0.150. The molecule has 1 aliphatic carbocycles. The zero-order chi connectivity index (χ0) is 11.4. The topological polar surface area (TPSA) is 86.9 Å². The number of nitrogens with zero attached hydrogens (tertiary/aromatic N) is 1. The van der Waals surface area contributed by atoms with E-state index in [1.807, 2.05) is 0 Å². The minimum atomic E-state index is -0.257. The first-order valence-electron chi connectivity index (χ1n) is 5.32. The molecule has 6 heteroatoms. The highest BCUT2D eigenvalue weighted by atomic mass is 16.1. The van der Waals surface area contributed by atoms with Gasteiger partial charge in [-0.15, -0.1) is 0 Å². The molecule has 0 unspecified atom stereocenters. The van der Waals surface area contributed by atoms with Gasteiger partial charge in [0.05, 0.1) is 11.9 Å². The molecule has 0 radical (unpaired) electrons. The van der Waals surface area contributed by atoms with Crippen molar-refractivity contribution in [3.8, 4) is 0 Å². The monoisotopic (exact) mass is 222 g/mol. The van der Waals surface area contributed by atoms with Crippen molar-refractivity contribution in [2.24, 2.45) is 0 Å². The number of anilines is 1. The van der Waals surface area contributed by atoms with E-state index in [0.29, 0.717) is 24.7 Å². The van der Waals surface area contributed by atoms with Crippen LogP contribution in [-0.4, -0.2) is 28.7 Å². The third kappa shape index (κ3) is 3.38. The van der Waals surface area contributed by atoms with Gasteiger partial charge in [-0.05, 0) is 12.8 Å². The third-order valence-electron chi connectivity index (χ3n) is 2.29. The van der Waals surface area contributed by atoms with Gasteiger partial charge in [0.15, 0.2) is 0 Å². The Morgan fingerprint density at radius 1 is 1.56 bits per heavy atom. The Labute approximate surface area is 92.4 Å². The highest BCUT2D eigenvalue weighted by Crippen LogP contribution is 2.18. The van der Waals surface area contributed by atoms with E-state index in [-0.39, 0.29) is 11.5 Å². The van der Waals surface area contributed by atoms with E-state index < -0.39 is 0 Å². The van der Waals surface area contributed by atoms with Crippen LogP contribution in [0.1, 0.15) is 19.3 Å². The van der Waals surface area contributed by atoms with Crippen molar-refractivity contribution in [2.75, 3.05) is 11.9 Å². The highest BCUT2D eigenvalue weighted by molar-refractivity contribution is 5.77. The fourth-order valence-corrected chi connectivity index (χ4v) is 1.32. The molecule has 1 heterocycles. The lowest BCUT2D eigenvalue weighted by Gasteiger charge is -2.05. The van der Waals surface area contributed by atoms with Crippen molar-refractivity contribution >= 4 is 11.6 Å². The fourth-order valence-electron chi connectivity index (χ4n) is 1.32. The maximum Gasteiger partial charge on any atom is 0.266 e. The summed E-state index contributed by atoms with van der Waals surface area (Å²) >= 11 is 0. The van der Waals surface area contributed by atoms with Crippen LogP contribution < -0.4 is 16.2 Å². The number of aromatic nitrogens is 2. The molecule has 1 aliphatic rings. The van der Waals surface area contributed by atoms with Crippen LogP contribution in [0, 0.1) is 0 Å². The van der Waals surface area contributed by atoms with E-state index >= 15 is 0 Å². The first-order chi connectivity index (χ1) is 7.74. The number of nitrogens with one attached hydrogen (secondary N) is 3. The summed E-state index contributed by atoms with van der Waals surface area (Å²) in [5.74, 6) is 0.0489. The van der Waals surface area contributed by atoms with Gasteiger partial charge in [-0.1, -0.05) is 0 Å². The molecule has 6 nitrogen and oxygen atoms in total. The Bertz CT molecular complexity index is 425. The largest absolute Gasteiger partial charge is 0.383 e. The Kier molecular flexibility index (Phi) is 3.19. The summed E-state index contributed by atoms with van der Waals surface area (Å²) in [5.41, 5.74) is 0.371. The van der Waals surface area contributed by atoms with Crippen molar-refractivity contribution < 1.29 is 4.79 Å². The zero-order valence-electron chi connectivity index (χ0n) is 8.82. The molecule has 0 spiro atoms. The Hall–Kier alpha value is -1.85. The smallest absolute Gasteiger partial charge is 0.266 e. The summed E-state index contributed by atoms with van der Waals surface area (Å²) in [6.45, 7) is 0.504. The summed E-state index contributed by atoms with van der Waals surface area (Å²) in [6, 6.07) is 1.81. The molecular formula is C10H14N4O2. The molecule has 1 fully saturated rings. The first kappa shape index (κ1) is 10.7. The van der Waals surface area contributed by atoms with E-state index in [2.05, 4.69) is 20.8 Å². The quantitative estimate of drug-likeness (QED) is 0.646. The van der Waals surface area contributed by atoms with Crippen LogP contribution in [0.5, 0.6) is 0 Å². The van der Waals surface area contributed by atoms with Gasteiger partial charge < -0.3 is 10.6 Å². The van der Waals surface area contributed by atoms with E-state index in [0.717, 1.165) is 12.8 Å². The summed E-state index contributed by atoms with van der Waals surface area (Å²) in [6.07, 6.45) is 4.11. The molecule has 1 aromatic heterocycles. The molecule has 3 N–H and O–H groups in total. The molecule has 0 aliphatic heterocycles. The second-order valence-corrected chi connectivity index (χ2v) is 3.85. The standard InChI is InChI=1S/C10H14N4O2/c15-9(13-7-1-2-7)3-4-11-8-5-10(16)14-12-6-8/h5-7H,1-4H2,(H,13,15)(H2,11,14,16). The average Bonchev–Trinajstić information content (AvgIpc) is 3.02. The van der Waals surface area contributed by atoms with Gasteiger partial charge in [0.1, 0.15) is 0 Å². The lowest BCUT2D eigenvalue weighted by atomic mass is 10.3. The summed E-state index contributed by atoms with van der Waals surface area (Å²) in [5, 5.41) is 11.8. The Morgan fingerprint density at radius 3 is 3.06 bits per heavy atom. The minimum absolute atomic E-state index is 0.0489. The van der Waals surface area contributed by atoms with Crippen LogP contribution in [0.3, 0.4) is 0 Å². The zero-order valence-corrected chi connectivity index (χ0v) is 8.82. The summed E-state index contributed by atoms with van der Waals surface area (Å²) in [4.78, 5) is 22.2. The maximum absolute atomic E-state index is 11.3. The molecule has 1 aromatic rings. The maximum atomic E-state index is 11.3. The molecule has 16 heavy (non-hydrogen) atoms. The minimum Gasteiger partial charge on any atom is -0.383 e. The molecule has 1 amide bonds. The van der Waals surface area contributed by atoms with Crippen LogP contribution in [0.4, 0.5) is 5.69 Å². The number of H-pyrrole nitrogens is 1. The van der Waals surface area contributed by atoms with Gasteiger partial charge in [0.25, 0.3) is 5.56 Å². The van der Waals surface area contributed by atoms with Crippen LogP contribution >= 0.6 is 0 Å². The van der Waals surface area contributed by atoms with Gasteiger partial charge in [-0.3, -0.25) is 9.59 Å². The van der Waals surface area contributed by atoms with Gasteiger partial charge in [-0.25, -0.2) is 5.10 Å². The van der Waals surface area contributed by atoms with Gasteiger partial charge in [0.2, 0.25) is 5.91 Å². The number of rotatable bonds is 5. The summed E-state index contributed by atoms with van der Waals surface area (Å²) in [7, 11) is 0. The van der Waals surface area contributed by atoms with Crippen molar-refractivity contribution in [2.45, 2.75) is 25.3 Å². The number of hydrogen-bond acceptors (Lipinski definition) is 4. The first-order valence-corrected chi connectivity index (χ1v) is 5.32. The molecule has 0 bridgehead atoms. The van der Waals surface area contributed by atoms with Gasteiger partial charge in [0, 0.05) is 25.1 Å². The van der Waals surface area contributed by atoms with Crippen LogP contribution in [0.25, 0.3) is 0 Å². The second kappa shape index (κ2) is 4.78. The van der Waals surface area contributed by atoms with E-state index in [9.17, 15) is 9.59 Å². The number of amides is 1. The Morgan fingerprint density at radius 2 is 2.38 bits per heavy atom. The average molecular weight is 222 g/mol. The van der Waals surface area contributed by atoms with Crippen LogP contribution in [-0.2, 0) is 4.79 Å². The number of hydrogen-bond donors (Lipinski definition) is 3. The number of carbonyl (C=O) groups excluding carboxylic acids is 1. The van der Waals surface area contributed by atoms with Crippen molar-refractivity contribution in [1.29, 1.82) is 0 Å². The van der Waals surface area contributed by atoms with Crippen LogP contribution in [0.15, 0.2) is 17.1 Å². The SMILES string of the molecule is O=C(CCNc1cn[nH]c(=O)c1)NC1CC1. The molecule has 1 saturated carbocycles. The summed E-state index contributed by atoms with van der Waals surface area (Å²) < 4.78 is 0. The van der Waals surface area contributed by atoms with Crippen molar-refractivity contribution in [1.82, 2.24) is 15.5 Å². The van der Waals surface area contributed by atoms with Gasteiger partial charge >= 0.3 is 0 Å². The Balaban J connectivity index is 1.70. The van der Waals surface area contributed by atoms with Crippen LogP contribution in [0.2, 0.25) is 0 Å². The molecule has 2 rings (SSSR count). The molecule has 0 aromatic carbocycles. The van der Waals surface area contributed by atoms with Crippen molar-refractivity contribution in [3.05, 3.63) is 22.6 Å². The third-order valence-corrected chi connectivity index (χ3v) is 2.29. The predicted molar refractivity (Wildman–Crippen MR) is 59.1 cm³/mol. The number of aromatic amines is 1. The van der Waals surface area contributed by atoms with Crippen molar-refractivity contribution in [3.63, 3.8) is 0 Å². The molecule has 0 atom stereocenters. The number of carbonyl (C=O) groups is 1. The van der Waals surface area contributed by atoms with E-state index in [4.69, 9.17) is 0 Å². The van der Waals surface area contributed by atoms with E-state index in [1.165, 1.54) is 12.3 Å².